The maximum absolute atomic E-state index is 12.5. The second kappa shape index (κ2) is 60.9. The Labute approximate surface area is 437 Å². The van der Waals surface area contributed by atoms with Crippen molar-refractivity contribution >= 4 is 5.91 Å². The van der Waals surface area contributed by atoms with Gasteiger partial charge in [-0.25, -0.2) is 0 Å². The van der Waals surface area contributed by atoms with Crippen molar-refractivity contribution in [3.05, 3.63) is 85.1 Å². The molecule has 0 spiro atoms. The van der Waals surface area contributed by atoms with Gasteiger partial charge in [0.15, 0.2) is 0 Å². The Morgan fingerprint density at radius 1 is 0.357 bits per heavy atom. The van der Waals surface area contributed by atoms with Gasteiger partial charge in [-0.2, -0.15) is 0 Å². The largest absolute Gasteiger partial charge is 0.394 e. The SMILES string of the molecule is CC/C=C\C/C=C\C/C=C\C/C=C\CCCCCCCCCCCCCCCCC(=O)NC(CO)C(O)/C=C/CC/C=C/CC/C=C/CCCCCCCCCCCCCCCCCCCCCCC. The molecule has 406 valence electrons. The smallest absolute Gasteiger partial charge is 0.220 e. The molecule has 2 unspecified atom stereocenters. The lowest BCUT2D eigenvalue weighted by atomic mass is 10.0. The summed E-state index contributed by atoms with van der Waals surface area (Å²) in [6.07, 6.45) is 89.2. The summed E-state index contributed by atoms with van der Waals surface area (Å²) in [5, 5.41) is 23.2. The molecule has 2 atom stereocenters. The van der Waals surface area contributed by atoms with E-state index in [1.54, 1.807) is 6.08 Å². The van der Waals surface area contributed by atoms with Crippen molar-refractivity contribution in [1.29, 1.82) is 0 Å². The van der Waals surface area contributed by atoms with Gasteiger partial charge in [0.2, 0.25) is 5.91 Å². The van der Waals surface area contributed by atoms with Crippen LogP contribution in [0.1, 0.15) is 309 Å². The Balaban J connectivity index is 3.54. The number of amides is 1. The number of aliphatic hydroxyl groups excluding tert-OH is 2. The first-order chi connectivity index (χ1) is 34.7. The quantitative estimate of drug-likeness (QED) is 0.0420. The van der Waals surface area contributed by atoms with Crippen molar-refractivity contribution in [2.24, 2.45) is 0 Å². The fraction of sp³-hybridized carbons (Fsp3) is 0.773. The molecule has 0 saturated carbocycles. The lowest BCUT2D eigenvalue weighted by Crippen LogP contribution is -2.45. The summed E-state index contributed by atoms with van der Waals surface area (Å²) in [6.45, 7) is 4.21. The van der Waals surface area contributed by atoms with Crippen LogP contribution >= 0.6 is 0 Å². The molecule has 0 rings (SSSR count). The normalized spacial score (nSPS) is 13.4. The summed E-state index contributed by atoms with van der Waals surface area (Å²) in [6, 6.07) is -0.652. The molecular formula is C66H119NO3. The maximum Gasteiger partial charge on any atom is 0.220 e. The van der Waals surface area contributed by atoms with E-state index in [1.807, 2.05) is 6.08 Å². The molecular weight excluding hydrogens is 855 g/mol. The minimum Gasteiger partial charge on any atom is -0.394 e. The van der Waals surface area contributed by atoms with Gasteiger partial charge in [0.1, 0.15) is 0 Å². The van der Waals surface area contributed by atoms with E-state index in [9.17, 15) is 15.0 Å². The highest BCUT2D eigenvalue weighted by Gasteiger charge is 2.18. The van der Waals surface area contributed by atoms with Crippen LogP contribution in [0.3, 0.4) is 0 Å². The predicted octanol–water partition coefficient (Wildman–Crippen LogP) is 20.7. The van der Waals surface area contributed by atoms with Gasteiger partial charge in [-0.15, -0.1) is 0 Å². The Morgan fingerprint density at radius 2 is 0.643 bits per heavy atom. The van der Waals surface area contributed by atoms with E-state index in [-0.39, 0.29) is 12.5 Å². The highest BCUT2D eigenvalue weighted by Crippen LogP contribution is 2.17. The van der Waals surface area contributed by atoms with Crippen LogP contribution in [-0.4, -0.2) is 34.9 Å². The summed E-state index contributed by atoms with van der Waals surface area (Å²) in [5.74, 6) is -0.0785. The Kier molecular flexibility index (Phi) is 58.8. The van der Waals surface area contributed by atoms with E-state index < -0.39 is 12.1 Å². The van der Waals surface area contributed by atoms with Crippen LogP contribution in [0.2, 0.25) is 0 Å². The average molecular weight is 975 g/mol. The third-order valence-electron chi connectivity index (χ3n) is 13.8. The van der Waals surface area contributed by atoms with Gasteiger partial charge in [0.25, 0.3) is 0 Å². The third kappa shape index (κ3) is 56.5. The topological polar surface area (TPSA) is 69.6 Å². The number of aliphatic hydroxyl groups is 2. The minimum absolute atomic E-state index is 0.0785. The summed E-state index contributed by atoms with van der Waals surface area (Å²) < 4.78 is 0. The number of carbonyl (C=O) groups is 1. The summed E-state index contributed by atoms with van der Waals surface area (Å²) in [5.41, 5.74) is 0. The first-order valence-electron chi connectivity index (χ1n) is 30.8. The summed E-state index contributed by atoms with van der Waals surface area (Å²) in [7, 11) is 0. The van der Waals surface area contributed by atoms with Crippen LogP contribution in [0.5, 0.6) is 0 Å². The number of carbonyl (C=O) groups excluding carboxylic acids is 1. The average Bonchev–Trinajstić information content (AvgIpc) is 3.36. The maximum atomic E-state index is 12.5. The van der Waals surface area contributed by atoms with Crippen molar-refractivity contribution in [1.82, 2.24) is 5.32 Å². The van der Waals surface area contributed by atoms with Gasteiger partial charge in [0.05, 0.1) is 18.8 Å². The number of hydrogen-bond donors (Lipinski definition) is 3. The molecule has 0 bridgehead atoms. The molecule has 4 nitrogen and oxygen atoms in total. The number of unbranched alkanes of at least 4 members (excludes halogenated alkanes) is 37. The van der Waals surface area contributed by atoms with E-state index in [0.717, 1.165) is 64.2 Å². The highest BCUT2D eigenvalue weighted by atomic mass is 16.3. The minimum atomic E-state index is -0.876. The molecule has 70 heavy (non-hydrogen) atoms. The van der Waals surface area contributed by atoms with Gasteiger partial charge in [-0.05, 0) is 83.5 Å². The number of rotatable bonds is 56. The molecule has 0 aromatic heterocycles. The second-order valence-corrected chi connectivity index (χ2v) is 20.7. The Bertz CT molecular complexity index is 1240. The van der Waals surface area contributed by atoms with E-state index >= 15 is 0 Å². The van der Waals surface area contributed by atoms with Crippen LogP contribution in [-0.2, 0) is 4.79 Å². The van der Waals surface area contributed by atoms with Crippen LogP contribution in [0, 0.1) is 0 Å². The van der Waals surface area contributed by atoms with Crippen molar-refractivity contribution in [2.75, 3.05) is 6.61 Å². The van der Waals surface area contributed by atoms with E-state index in [0.29, 0.717) is 6.42 Å². The second-order valence-electron chi connectivity index (χ2n) is 20.7. The zero-order valence-electron chi connectivity index (χ0n) is 46.8. The van der Waals surface area contributed by atoms with Crippen LogP contribution < -0.4 is 5.32 Å². The van der Waals surface area contributed by atoms with Gasteiger partial charge < -0.3 is 15.5 Å². The van der Waals surface area contributed by atoms with Gasteiger partial charge in [-0.3, -0.25) is 4.79 Å². The first-order valence-corrected chi connectivity index (χ1v) is 30.8. The Morgan fingerprint density at radius 3 is 1.00 bits per heavy atom. The van der Waals surface area contributed by atoms with Crippen molar-refractivity contribution in [3.63, 3.8) is 0 Å². The molecule has 0 saturated heterocycles. The number of allylic oxidation sites excluding steroid dienone is 13. The molecule has 0 aliphatic carbocycles. The van der Waals surface area contributed by atoms with E-state index in [4.69, 9.17) is 0 Å². The number of nitrogens with one attached hydrogen (secondary N) is 1. The molecule has 4 heteroatoms. The first kappa shape index (κ1) is 67.6. The standard InChI is InChI=1S/C66H119NO3/c1-3-5-7-9-11-13-15-17-19-21-23-25-27-29-31-32-33-34-36-37-39-41-43-45-47-49-51-53-55-57-59-61-65(69)64(63-68)67-66(70)62-60-58-56-54-52-50-48-46-44-42-40-38-35-30-28-26-24-22-20-18-16-14-12-10-8-6-4-2/h6,8,12,14,18,20,24,26,43,45,51,53,59,61,64-65,68-69H,3-5,7,9-11,13,15-17,19,21-23,25,27-42,44,46-50,52,54-58,60,62-63H2,1-2H3,(H,67,70)/b8-6-,14-12-,20-18-,26-24-,45-43+,53-51+,61-59+. The van der Waals surface area contributed by atoms with Crippen molar-refractivity contribution in [2.45, 2.75) is 321 Å². The van der Waals surface area contributed by atoms with Crippen molar-refractivity contribution < 1.29 is 15.0 Å². The van der Waals surface area contributed by atoms with Gasteiger partial charge >= 0.3 is 0 Å². The summed E-state index contributed by atoms with van der Waals surface area (Å²) in [4.78, 5) is 12.5. The number of hydrogen-bond acceptors (Lipinski definition) is 3. The summed E-state index contributed by atoms with van der Waals surface area (Å²) >= 11 is 0. The fourth-order valence-corrected chi connectivity index (χ4v) is 9.20. The molecule has 0 aromatic carbocycles. The van der Waals surface area contributed by atoms with Crippen LogP contribution in [0.25, 0.3) is 0 Å². The van der Waals surface area contributed by atoms with Crippen LogP contribution in [0.4, 0.5) is 0 Å². The lowest BCUT2D eigenvalue weighted by molar-refractivity contribution is -0.123. The predicted molar refractivity (Wildman–Crippen MR) is 313 cm³/mol. The fourth-order valence-electron chi connectivity index (χ4n) is 9.20. The lowest BCUT2D eigenvalue weighted by Gasteiger charge is -2.19. The monoisotopic (exact) mass is 974 g/mol. The van der Waals surface area contributed by atoms with Crippen LogP contribution in [0.15, 0.2) is 85.1 Å². The molecule has 0 aliphatic heterocycles. The van der Waals surface area contributed by atoms with Crippen molar-refractivity contribution in [3.8, 4) is 0 Å². The van der Waals surface area contributed by atoms with Gasteiger partial charge in [0, 0.05) is 6.42 Å². The van der Waals surface area contributed by atoms with E-state index in [1.165, 1.54) is 225 Å². The zero-order valence-corrected chi connectivity index (χ0v) is 46.8. The molecule has 0 radical (unpaired) electrons. The molecule has 3 N–H and O–H groups in total. The molecule has 0 aliphatic rings. The third-order valence-corrected chi connectivity index (χ3v) is 13.8. The molecule has 1 amide bonds. The highest BCUT2D eigenvalue weighted by molar-refractivity contribution is 5.76. The van der Waals surface area contributed by atoms with E-state index in [2.05, 4.69) is 92.1 Å². The molecule has 0 aromatic rings. The zero-order chi connectivity index (χ0) is 50.6. The van der Waals surface area contributed by atoms with Gasteiger partial charge in [-0.1, -0.05) is 304 Å². The Hall–Kier alpha value is -2.43. The molecule has 0 heterocycles. The molecule has 0 fully saturated rings.